The van der Waals surface area contributed by atoms with Gasteiger partial charge in [-0.25, -0.2) is 0 Å². The first-order valence-corrected chi connectivity index (χ1v) is 26.6. The molecule has 0 aliphatic carbocycles. The van der Waals surface area contributed by atoms with Gasteiger partial charge in [-0.15, -0.1) is 0 Å². The van der Waals surface area contributed by atoms with Crippen molar-refractivity contribution in [2.45, 2.75) is 245 Å². The number of amides is 2. The van der Waals surface area contributed by atoms with Gasteiger partial charge in [0.15, 0.2) is 0 Å². The Bertz CT molecular complexity index is 1320. The number of nitrogens with one attached hydrogen (secondary N) is 1. The molecule has 0 saturated heterocycles. The zero-order chi connectivity index (χ0) is 47.4. The maximum absolute atomic E-state index is 13.5. The third-order valence-electron chi connectivity index (χ3n) is 11.9. The van der Waals surface area contributed by atoms with E-state index in [-0.39, 0.29) is 30.7 Å². The lowest BCUT2D eigenvalue weighted by molar-refractivity contribution is -0.134. The molecule has 364 valence electrons. The standard InChI is InChI=1S/C59H100N2O3/c1-5-8-11-14-16-18-20-22-24-25-27-29-34-38-43-48-55-61(56(4)49-44-40-35-31-28-26-23-21-19-17-15-12-9-6-2)59(64)53-52-58(63)60-54-47-42-37-33-30-32-36-41-46-51-57(62)50-45-39-13-10-7-3/h6,9,12,15,17,19,21,23,26,28,31,35,40,44,49,56H,2,5,7-8,10-11,13-14,16,18,20,22,24-25,27,29-30,32-34,36-39,41-43,45-48,50-55H2,1,3-4H3,(H,60,63)/b12-9+,17-15+,21-19+,26-23+,31-28+,40-35+,49-44+/i3D. The summed E-state index contributed by atoms with van der Waals surface area (Å²) in [5, 5.41) is 3.06. The number of nitrogens with zero attached hydrogens (tertiary/aromatic N) is 1. The SMILES string of the molecule is [2H]CCCCCCCC(=O)CCCCCCCCCCCNC(=O)CCC(=O)N(CCCCCCCCCCCCCCCCCC)C(C)/C=C/C=C/C=C/C=C/C=C/C=C/C=C/C=C. The van der Waals surface area contributed by atoms with Crippen molar-refractivity contribution in [2.24, 2.45) is 0 Å². The molecule has 0 heterocycles. The Morgan fingerprint density at radius 1 is 0.469 bits per heavy atom. The molecule has 0 fully saturated rings. The van der Waals surface area contributed by atoms with Gasteiger partial charge in [0.2, 0.25) is 11.8 Å². The van der Waals surface area contributed by atoms with Crippen molar-refractivity contribution >= 4 is 17.6 Å². The van der Waals surface area contributed by atoms with E-state index in [1.165, 1.54) is 122 Å². The van der Waals surface area contributed by atoms with Crippen LogP contribution >= 0.6 is 0 Å². The topological polar surface area (TPSA) is 66.5 Å². The predicted octanol–water partition coefficient (Wildman–Crippen LogP) is 17.3. The summed E-state index contributed by atoms with van der Waals surface area (Å²) in [6.07, 6.45) is 68.4. The van der Waals surface area contributed by atoms with E-state index in [0.717, 1.165) is 90.0 Å². The van der Waals surface area contributed by atoms with E-state index in [2.05, 4.69) is 31.8 Å². The summed E-state index contributed by atoms with van der Waals surface area (Å²) >= 11 is 0. The fraction of sp³-hybridized carbons (Fsp3) is 0.678. The van der Waals surface area contributed by atoms with Crippen LogP contribution in [0, 0.1) is 0 Å². The molecule has 0 aliphatic rings. The summed E-state index contributed by atoms with van der Waals surface area (Å²) in [6.45, 7) is 9.94. The highest BCUT2D eigenvalue weighted by Crippen LogP contribution is 2.16. The van der Waals surface area contributed by atoms with E-state index in [0.29, 0.717) is 19.2 Å². The second-order valence-electron chi connectivity index (χ2n) is 17.9. The Morgan fingerprint density at radius 3 is 1.28 bits per heavy atom. The maximum atomic E-state index is 13.5. The van der Waals surface area contributed by atoms with Crippen LogP contribution in [-0.2, 0) is 14.4 Å². The van der Waals surface area contributed by atoms with E-state index < -0.39 is 0 Å². The number of allylic oxidation sites excluding steroid dienone is 14. The molecule has 0 aliphatic heterocycles. The maximum Gasteiger partial charge on any atom is 0.223 e. The van der Waals surface area contributed by atoms with Crippen LogP contribution in [0.2, 0.25) is 0 Å². The average Bonchev–Trinajstić information content (AvgIpc) is 3.30. The molecule has 0 aromatic carbocycles. The summed E-state index contributed by atoms with van der Waals surface area (Å²) in [5.74, 6) is 0.453. The van der Waals surface area contributed by atoms with E-state index >= 15 is 0 Å². The summed E-state index contributed by atoms with van der Waals surface area (Å²) in [7, 11) is 0. The quantitative estimate of drug-likeness (QED) is 0.0489. The van der Waals surface area contributed by atoms with Crippen LogP contribution in [0.25, 0.3) is 0 Å². The number of hydrogen-bond acceptors (Lipinski definition) is 3. The molecule has 0 radical (unpaired) electrons. The molecular weight excluding hydrogens is 785 g/mol. The lowest BCUT2D eigenvalue weighted by Crippen LogP contribution is -2.39. The third-order valence-corrected chi connectivity index (χ3v) is 11.9. The number of carbonyl (C=O) groups is 3. The van der Waals surface area contributed by atoms with Crippen LogP contribution in [0.5, 0.6) is 0 Å². The molecule has 0 spiro atoms. The van der Waals surface area contributed by atoms with Crippen molar-refractivity contribution in [3.63, 3.8) is 0 Å². The van der Waals surface area contributed by atoms with Crippen LogP contribution in [0.3, 0.4) is 0 Å². The number of hydrogen-bond donors (Lipinski definition) is 1. The first-order chi connectivity index (χ1) is 32.0. The Labute approximate surface area is 398 Å². The van der Waals surface area contributed by atoms with Crippen molar-refractivity contribution in [1.82, 2.24) is 10.2 Å². The highest BCUT2D eigenvalue weighted by atomic mass is 16.2. The van der Waals surface area contributed by atoms with Gasteiger partial charge in [0.25, 0.3) is 0 Å². The van der Waals surface area contributed by atoms with Crippen LogP contribution in [0.1, 0.15) is 240 Å². The number of Topliss-reactive ketones (excluding diaryl/α,β-unsaturated/α-hetero) is 1. The number of carbonyl (C=O) groups excluding carboxylic acids is 3. The van der Waals surface area contributed by atoms with E-state index in [4.69, 9.17) is 1.37 Å². The van der Waals surface area contributed by atoms with Gasteiger partial charge in [0, 0.05) is 46.2 Å². The number of rotatable bonds is 47. The Kier molecular flexibility index (Phi) is 46.2. The van der Waals surface area contributed by atoms with Crippen LogP contribution in [0.4, 0.5) is 0 Å². The van der Waals surface area contributed by atoms with Crippen molar-refractivity contribution in [2.75, 3.05) is 13.1 Å². The number of unbranched alkanes of at least 4 members (excludes halogenated alkanes) is 27. The fourth-order valence-electron chi connectivity index (χ4n) is 7.84. The first-order valence-electron chi connectivity index (χ1n) is 27.3. The van der Waals surface area contributed by atoms with E-state index in [9.17, 15) is 14.4 Å². The molecule has 1 atom stereocenters. The summed E-state index contributed by atoms with van der Waals surface area (Å²) in [6, 6.07) is -0.0468. The lowest BCUT2D eigenvalue weighted by Gasteiger charge is -2.27. The van der Waals surface area contributed by atoms with Gasteiger partial charge in [-0.2, -0.15) is 0 Å². The highest BCUT2D eigenvalue weighted by molar-refractivity contribution is 5.84. The minimum absolute atomic E-state index is 0.0286. The van der Waals surface area contributed by atoms with E-state index in [1.807, 2.05) is 83.9 Å². The normalized spacial score (nSPS) is 12.9. The molecule has 0 rings (SSSR count). The second kappa shape index (κ2) is 50.5. The van der Waals surface area contributed by atoms with E-state index in [1.54, 1.807) is 6.08 Å². The van der Waals surface area contributed by atoms with Gasteiger partial charge in [-0.1, -0.05) is 278 Å². The summed E-state index contributed by atoms with van der Waals surface area (Å²) in [4.78, 5) is 40.3. The van der Waals surface area contributed by atoms with Crippen molar-refractivity contribution < 1.29 is 15.8 Å². The molecule has 64 heavy (non-hydrogen) atoms. The predicted molar refractivity (Wildman–Crippen MR) is 282 cm³/mol. The monoisotopic (exact) mass is 886 g/mol. The first kappa shape index (κ1) is 58.5. The Morgan fingerprint density at radius 2 is 0.844 bits per heavy atom. The smallest absolute Gasteiger partial charge is 0.223 e. The molecule has 0 bridgehead atoms. The molecule has 2 amide bonds. The van der Waals surface area contributed by atoms with Crippen molar-refractivity contribution in [1.29, 1.82) is 0 Å². The molecule has 0 aromatic heterocycles. The molecule has 0 aromatic rings. The zero-order valence-corrected chi connectivity index (χ0v) is 41.8. The fourth-order valence-corrected chi connectivity index (χ4v) is 7.84. The molecule has 1 N–H and O–H groups in total. The van der Waals surface area contributed by atoms with Gasteiger partial charge >= 0.3 is 0 Å². The van der Waals surface area contributed by atoms with Crippen molar-refractivity contribution in [3.05, 3.63) is 97.7 Å². The zero-order valence-electron chi connectivity index (χ0n) is 42.8. The molecule has 1 unspecified atom stereocenters. The Balaban J connectivity index is 4.51. The summed E-state index contributed by atoms with van der Waals surface area (Å²) < 4.78 is 7.19. The van der Waals surface area contributed by atoms with Gasteiger partial charge in [0.05, 0.1) is 0 Å². The number of ketones is 1. The van der Waals surface area contributed by atoms with Crippen LogP contribution in [-0.4, -0.2) is 41.6 Å². The molecular formula is C59H100N2O3. The van der Waals surface area contributed by atoms with Gasteiger partial charge in [-0.3, -0.25) is 14.4 Å². The van der Waals surface area contributed by atoms with Gasteiger partial charge < -0.3 is 10.2 Å². The van der Waals surface area contributed by atoms with Gasteiger partial charge in [0.1, 0.15) is 5.78 Å². The van der Waals surface area contributed by atoms with Crippen LogP contribution < -0.4 is 5.32 Å². The largest absolute Gasteiger partial charge is 0.356 e. The minimum Gasteiger partial charge on any atom is -0.356 e. The lowest BCUT2D eigenvalue weighted by atomic mass is 10.0. The minimum atomic E-state index is -0.0468. The second-order valence-corrected chi connectivity index (χ2v) is 17.9. The Hall–Kier alpha value is -3.47. The average molecular weight is 886 g/mol. The molecule has 5 heteroatoms. The molecule has 0 saturated carbocycles. The molecule has 5 nitrogen and oxygen atoms in total. The van der Waals surface area contributed by atoms with Crippen molar-refractivity contribution in [3.8, 4) is 0 Å². The summed E-state index contributed by atoms with van der Waals surface area (Å²) in [5.41, 5.74) is 0. The third kappa shape index (κ3) is 45.1. The highest BCUT2D eigenvalue weighted by Gasteiger charge is 2.19. The van der Waals surface area contributed by atoms with Gasteiger partial charge in [-0.05, 0) is 32.6 Å². The van der Waals surface area contributed by atoms with Crippen LogP contribution in [0.15, 0.2) is 97.7 Å².